The number of fused-ring (bicyclic) bond motifs is 5. The van der Waals surface area contributed by atoms with Gasteiger partial charge in [-0.05, 0) is 134 Å². The van der Waals surface area contributed by atoms with Crippen LogP contribution >= 0.6 is 0 Å². The van der Waals surface area contributed by atoms with Crippen LogP contribution in [0.1, 0.15) is 127 Å². The maximum atomic E-state index is 4.51. The molecule has 0 aromatic rings. The highest BCUT2D eigenvalue weighted by Crippen LogP contribution is 2.76. The first-order valence-corrected chi connectivity index (χ1v) is 15.5. The second-order valence-corrected chi connectivity index (χ2v) is 15.8. The van der Waals surface area contributed by atoms with Crippen molar-refractivity contribution < 1.29 is 0 Å². The zero-order valence-corrected chi connectivity index (χ0v) is 25.8. The topological polar surface area (TPSA) is 24.4 Å². The summed E-state index contributed by atoms with van der Waals surface area (Å²) >= 11 is 0. The molecule has 0 aromatic heterocycles. The lowest BCUT2D eigenvalue weighted by Crippen LogP contribution is -2.66. The Hall–Kier alpha value is -0.790. The van der Waals surface area contributed by atoms with Crippen molar-refractivity contribution in [3.63, 3.8) is 0 Å². The van der Waals surface area contributed by atoms with Gasteiger partial charge >= 0.3 is 0 Å². The van der Waals surface area contributed by atoms with Gasteiger partial charge in [-0.1, -0.05) is 67.5 Å². The molecule has 1 N–H and O–H groups in total. The predicted octanol–water partition coefficient (Wildman–Crippen LogP) is 9.51. The Balaban J connectivity index is 1.70. The van der Waals surface area contributed by atoms with Crippen LogP contribution in [-0.4, -0.2) is 12.8 Å². The Bertz CT molecular complexity index is 857. The highest BCUT2D eigenvalue weighted by atomic mass is 15.3. The average Bonchev–Trinajstić information content (AvgIpc) is 2.80. The van der Waals surface area contributed by atoms with Gasteiger partial charge in [0.25, 0.3) is 0 Å². The first-order chi connectivity index (χ1) is 16.7. The zero-order chi connectivity index (χ0) is 26.7. The molecule has 10 unspecified atom stereocenters. The molecule has 10 atom stereocenters. The van der Waals surface area contributed by atoms with E-state index in [1.54, 1.807) is 0 Å². The molecule has 0 saturated heterocycles. The molecule has 0 aliphatic heterocycles. The molecule has 0 amide bonds. The van der Waals surface area contributed by atoms with Crippen molar-refractivity contribution in [2.75, 3.05) is 6.54 Å². The predicted molar refractivity (Wildman–Crippen MR) is 157 cm³/mol. The summed E-state index contributed by atoms with van der Waals surface area (Å²) in [5.41, 5.74) is 6.94. The standard InChI is InChI=1S/C34H60N2/c1-12-35-36-22-21-31(8)19-20-33(10)26(29(31)25(5)23(2)3)13-14-28-32(9)17-15-24(4)30(6,7)27(32)16-18-34(28,33)11/h12,24-29,36H,2,13-22H2,1,3-11H3/b35-12+. The molecule has 4 aliphatic rings. The Kier molecular flexibility index (Phi) is 7.40. The van der Waals surface area contributed by atoms with E-state index < -0.39 is 0 Å². The van der Waals surface area contributed by atoms with Crippen LogP contribution in [0, 0.1) is 62.6 Å². The molecule has 36 heavy (non-hydrogen) atoms. The van der Waals surface area contributed by atoms with Gasteiger partial charge in [0.15, 0.2) is 0 Å². The van der Waals surface area contributed by atoms with E-state index >= 15 is 0 Å². The van der Waals surface area contributed by atoms with Gasteiger partial charge in [0, 0.05) is 12.8 Å². The molecule has 0 radical (unpaired) electrons. The maximum Gasteiger partial charge on any atom is 0.0334 e. The number of hydrazone groups is 1. The van der Waals surface area contributed by atoms with E-state index in [0.29, 0.717) is 38.9 Å². The van der Waals surface area contributed by atoms with Crippen LogP contribution in [-0.2, 0) is 0 Å². The van der Waals surface area contributed by atoms with Crippen LogP contribution in [0.25, 0.3) is 0 Å². The van der Waals surface area contributed by atoms with Gasteiger partial charge in [0.2, 0.25) is 0 Å². The molecule has 2 nitrogen and oxygen atoms in total. The summed E-state index contributed by atoms with van der Waals surface area (Å²) in [4.78, 5) is 0. The van der Waals surface area contributed by atoms with E-state index in [-0.39, 0.29) is 0 Å². The molecule has 206 valence electrons. The fourth-order valence-electron chi connectivity index (χ4n) is 11.4. The molecule has 2 heteroatoms. The van der Waals surface area contributed by atoms with E-state index in [9.17, 15) is 0 Å². The molecule has 4 aliphatic carbocycles. The van der Waals surface area contributed by atoms with Gasteiger partial charge in [-0.15, -0.1) is 0 Å². The van der Waals surface area contributed by atoms with Crippen LogP contribution in [0.3, 0.4) is 0 Å². The Morgan fingerprint density at radius 1 is 0.944 bits per heavy atom. The molecule has 0 aromatic carbocycles. The van der Waals surface area contributed by atoms with Gasteiger partial charge in [-0.25, -0.2) is 0 Å². The Morgan fingerprint density at radius 2 is 1.64 bits per heavy atom. The Morgan fingerprint density at radius 3 is 2.28 bits per heavy atom. The van der Waals surface area contributed by atoms with Crippen LogP contribution < -0.4 is 5.43 Å². The third-order valence-electron chi connectivity index (χ3n) is 14.3. The van der Waals surface area contributed by atoms with Crippen molar-refractivity contribution in [3.8, 4) is 0 Å². The van der Waals surface area contributed by atoms with Crippen molar-refractivity contribution in [3.05, 3.63) is 12.2 Å². The lowest BCUT2D eigenvalue weighted by atomic mass is 9.31. The number of hydrogen-bond donors (Lipinski definition) is 1. The highest BCUT2D eigenvalue weighted by Gasteiger charge is 2.69. The molecule has 4 rings (SSSR count). The van der Waals surface area contributed by atoms with E-state index in [4.69, 9.17) is 0 Å². The van der Waals surface area contributed by atoms with Crippen molar-refractivity contribution in [2.45, 2.75) is 127 Å². The first-order valence-electron chi connectivity index (χ1n) is 15.5. The minimum Gasteiger partial charge on any atom is -0.310 e. The van der Waals surface area contributed by atoms with E-state index in [1.807, 2.05) is 13.1 Å². The summed E-state index contributed by atoms with van der Waals surface area (Å²) in [5, 5.41) is 4.32. The van der Waals surface area contributed by atoms with Gasteiger partial charge < -0.3 is 5.43 Å². The number of hydrogen-bond acceptors (Lipinski definition) is 2. The number of allylic oxidation sites excluding steroid dienone is 1. The summed E-state index contributed by atoms with van der Waals surface area (Å²) in [7, 11) is 0. The van der Waals surface area contributed by atoms with E-state index in [2.05, 4.69) is 79.4 Å². The molecule has 4 fully saturated rings. The number of rotatable bonds is 6. The third-order valence-corrected chi connectivity index (χ3v) is 14.3. The van der Waals surface area contributed by atoms with E-state index in [1.165, 1.54) is 63.4 Å². The first kappa shape index (κ1) is 28.2. The van der Waals surface area contributed by atoms with Gasteiger partial charge in [-0.3, -0.25) is 0 Å². The quantitative estimate of drug-likeness (QED) is 0.168. The smallest absolute Gasteiger partial charge is 0.0334 e. The number of nitrogens with zero attached hydrogens (tertiary/aromatic N) is 1. The third kappa shape index (κ3) is 3.97. The summed E-state index contributed by atoms with van der Waals surface area (Å²) < 4.78 is 0. The molecular weight excluding hydrogens is 436 g/mol. The Labute approximate surface area is 224 Å². The van der Waals surface area contributed by atoms with Crippen molar-refractivity contribution in [1.82, 2.24) is 5.43 Å². The largest absolute Gasteiger partial charge is 0.310 e. The summed E-state index contributed by atoms with van der Waals surface area (Å²) in [6, 6.07) is 0. The van der Waals surface area contributed by atoms with Crippen molar-refractivity contribution in [1.29, 1.82) is 0 Å². The lowest BCUT2D eigenvalue weighted by molar-refractivity contribution is -0.244. The van der Waals surface area contributed by atoms with Gasteiger partial charge in [-0.2, -0.15) is 5.10 Å². The van der Waals surface area contributed by atoms with E-state index in [0.717, 1.165) is 30.2 Å². The van der Waals surface area contributed by atoms with Crippen molar-refractivity contribution in [2.24, 2.45) is 67.7 Å². The zero-order valence-electron chi connectivity index (χ0n) is 25.8. The van der Waals surface area contributed by atoms with Gasteiger partial charge in [0.05, 0.1) is 0 Å². The van der Waals surface area contributed by atoms with Crippen LogP contribution in [0.4, 0.5) is 0 Å². The van der Waals surface area contributed by atoms with Crippen LogP contribution in [0.5, 0.6) is 0 Å². The highest BCUT2D eigenvalue weighted by molar-refractivity contribution is 5.52. The summed E-state index contributed by atoms with van der Waals surface area (Å²) in [6.07, 6.45) is 14.5. The lowest BCUT2D eigenvalue weighted by Gasteiger charge is -2.73. The SMILES string of the molecule is C=C(C)C(C)C1C2CCC3C4(C)CCC(C)C(C)(C)C4CCC3(C)C2(C)CCC1(C)CCN/N=C/C. The molecule has 0 heterocycles. The molecule has 0 bridgehead atoms. The second kappa shape index (κ2) is 9.44. The fraction of sp³-hybridized carbons (Fsp3) is 0.912. The number of nitrogens with one attached hydrogen (secondary N) is 1. The second-order valence-electron chi connectivity index (χ2n) is 15.8. The van der Waals surface area contributed by atoms with Crippen LogP contribution in [0.2, 0.25) is 0 Å². The average molecular weight is 497 g/mol. The normalized spacial score (nSPS) is 49.0. The minimum atomic E-state index is 0.353. The van der Waals surface area contributed by atoms with Gasteiger partial charge in [0.1, 0.15) is 0 Å². The fourth-order valence-corrected chi connectivity index (χ4v) is 11.4. The monoisotopic (exact) mass is 496 g/mol. The minimum absolute atomic E-state index is 0.353. The summed E-state index contributed by atoms with van der Waals surface area (Å²) in [6.45, 7) is 31.0. The molecular formula is C34H60N2. The van der Waals surface area contributed by atoms with Crippen LogP contribution in [0.15, 0.2) is 17.3 Å². The molecule has 4 saturated carbocycles. The molecule has 0 spiro atoms. The van der Waals surface area contributed by atoms with Crippen molar-refractivity contribution >= 4 is 6.21 Å². The maximum absolute atomic E-state index is 4.51. The summed E-state index contributed by atoms with van der Waals surface area (Å²) in [5.74, 6) is 4.71.